The highest BCUT2D eigenvalue weighted by Crippen LogP contribution is 2.43. The molecule has 5 rings (SSSR count). The molecule has 0 heterocycles. The lowest BCUT2D eigenvalue weighted by molar-refractivity contribution is -0.253. The van der Waals surface area contributed by atoms with E-state index in [-0.39, 0.29) is 36.1 Å². The van der Waals surface area contributed by atoms with Crippen LogP contribution in [-0.4, -0.2) is 36.0 Å². The maximum absolute atomic E-state index is 15.2. The predicted octanol–water partition coefficient (Wildman–Crippen LogP) is 10.4. The first-order valence-corrected chi connectivity index (χ1v) is 16.6. The second-order valence-electron chi connectivity index (χ2n) is 13.2. The van der Waals surface area contributed by atoms with Gasteiger partial charge < -0.3 is 14.6 Å². The van der Waals surface area contributed by atoms with Crippen molar-refractivity contribution in [2.24, 2.45) is 11.8 Å². The zero-order valence-electron chi connectivity index (χ0n) is 28.1. The third-order valence-electron chi connectivity index (χ3n) is 9.50. The van der Waals surface area contributed by atoms with E-state index < -0.39 is 82.5 Å². The van der Waals surface area contributed by atoms with Gasteiger partial charge in [0.15, 0.2) is 5.78 Å². The fraction of sp³-hybridized carbons (Fsp3) is 0.333. The molecular weight excluding hydrogens is 738 g/mol. The van der Waals surface area contributed by atoms with Crippen molar-refractivity contribution in [1.29, 1.82) is 0 Å². The van der Waals surface area contributed by atoms with Crippen LogP contribution in [0, 0.1) is 29.3 Å². The van der Waals surface area contributed by atoms with E-state index in [1.54, 1.807) is 24.3 Å². The lowest BCUT2D eigenvalue weighted by Crippen LogP contribution is -2.35. The van der Waals surface area contributed by atoms with Crippen molar-refractivity contribution in [2.45, 2.75) is 62.7 Å². The van der Waals surface area contributed by atoms with Crippen molar-refractivity contribution in [2.75, 3.05) is 6.61 Å². The molecule has 1 aliphatic rings. The minimum atomic E-state index is -5.19. The molecule has 0 radical (unpaired) electrons. The number of alkyl halides is 7. The van der Waals surface area contributed by atoms with Crippen LogP contribution in [-0.2, 0) is 22.8 Å². The lowest BCUT2D eigenvalue weighted by atomic mass is 9.67. The third-order valence-corrected chi connectivity index (χ3v) is 9.50. The van der Waals surface area contributed by atoms with E-state index in [2.05, 4.69) is 4.74 Å². The number of rotatable bonds is 14. The Bertz CT molecular complexity index is 1940. The van der Waals surface area contributed by atoms with Gasteiger partial charge in [-0.05, 0) is 109 Å². The van der Waals surface area contributed by atoms with Crippen LogP contribution >= 0.6 is 0 Å². The normalized spacial score (nSPS) is 17.5. The molecule has 0 aliphatic heterocycles. The van der Waals surface area contributed by atoms with Gasteiger partial charge >= 0.3 is 24.7 Å². The van der Waals surface area contributed by atoms with E-state index >= 15 is 4.39 Å². The van der Waals surface area contributed by atoms with E-state index in [4.69, 9.17) is 4.74 Å². The van der Waals surface area contributed by atoms with Gasteiger partial charge in [-0.2, -0.15) is 30.7 Å². The molecule has 1 atom stereocenters. The van der Waals surface area contributed by atoms with Crippen LogP contribution in [0.3, 0.4) is 0 Å². The van der Waals surface area contributed by atoms with Gasteiger partial charge in [-0.15, -0.1) is 0 Å². The molecule has 1 aliphatic carbocycles. The zero-order valence-corrected chi connectivity index (χ0v) is 28.1. The number of carboxylic acid groups (broad SMARTS) is 1. The van der Waals surface area contributed by atoms with Crippen LogP contribution in [0.1, 0.15) is 64.7 Å². The summed E-state index contributed by atoms with van der Waals surface area (Å²) in [5, 5.41) is 9.24. The predicted molar refractivity (Wildman–Crippen MR) is 174 cm³/mol. The van der Waals surface area contributed by atoms with Crippen molar-refractivity contribution >= 4 is 11.8 Å². The van der Waals surface area contributed by atoms with Gasteiger partial charge in [0.05, 0.1) is 18.1 Å². The van der Waals surface area contributed by atoms with Crippen molar-refractivity contribution < 1.29 is 68.1 Å². The van der Waals surface area contributed by atoms with E-state index in [1.165, 1.54) is 12.1 Å². The summed E-state index contributed by atoms with van der Waals surface area (Å²) < 4.78 is 149. The minimum Gasteiger partial charge on any atom is -0.493 e. The van der Waals surface area contributed by atoms with Gasteiger partial charge in [0.25, 0.3) is 0 Å². The number of ether oxygens (including phenoxy) is 2. The van der Waals surface area contributed by atoms with E-state index in [0.29, 0.717) is 49.1 Å². The number of hydrogen-bond acceptors (Lipinski definition) is 4. The quantitative estimate of drug-likeness (QED) is 0.102. The third kappa shape index (κ3) is 9.52. The Balaban J connectivity index is 1.57. The first-order valence-electron chi connectivity index (χ1n) is 16.6. The molecule has 5 nitrogen and oxygen atoms in total. The average Bonchev–Trinajstić information content (AvgIpc) is 3.10. The van der Waals surface area contributed by atoms with Crippen molar-refractivity contribution in [3.8, 4) is 11.5 Å². The summed E-state index contributed by atoms with van der Waals surface area (Å²) in [6.07, 6.45) is -13.5. The Morgan fingerprint density at radius 2 is 1.39 bits per heavy atom. The average molecular weight is 771 g/mol. The molecule has 1 fully saturated rings. The maximum atomic E-state index is 15.2. The summed E-state index contributed by atoms with van der Waals surface area (Å²) in [6, 6.07) is 14.0. The Morgan fingerprint density at radius 3 is 1.98 bits per heavy atom. The van der Waals surface area contributed by atoms with E-state index in [9.17, 15) is 54.2 Å². The standard InChI is InChI=1S/C39H32F10O5/c40-28-10-8-26(9-11-28)37(20-34(50)25-7-14-33(42)32(15-25)38(45,46)47,27-16-29(41)18-31(17-27)54-39(48,49)36(43)44)19-22-3-12-30(13-4-22)53-21-23-1-5-24(6-2-23)35(51)52/h3-4,7-18,23-24,36H,1-2,5-6,19-21H2,(H,51,52)/t23?,24?,37-/m1/s1. The number of benzene rings is 4. The number of halogens is 10. The van der Waals surface area contributed by atoms with Gasteiger partial charge in [-0.25, -0.2) is 13.2 Å². The second kappa shape index (κ2) is 16.1. The SMILES string of the molecule is O=C(C[C@](Cc1ccc(OCC2CCC(C(=O)O)CC2)cc1)(c1ccc(F)cc1)c1cc(F)cc(OC(F)(F)C(F)F)c1)c1ccc(F)c(C(F)(F)F)c1. The molecule has 4 aromatic rings. The summed E-state index contributed by atoms with van der Waals surface area (Å²) in [7, 11) is 0. The molecule has 0 bridgehead atoms. The van der Waals surface area contributed by atoms with Crippen LogP contribution in [0.5, 0.6) is 11.5 Å². The fourth-order valence-corrected chi connectivity index (χ4v) is 6.64. The van der Waals surface area contributed by atoms with Crippen molar-refractivity contribution in [1.82, 2.24) is 0 Å². The molecule has 288 valence electrons. The van der Waals surface area contributed by atoms with Crippen molar-refractivity contribution in [3.05, 3.63) is 130 Å². The second-order valence-corrected chi connectivity index (χ2v) is 13.2. The number of carbonyl (C=O) groups excluding carboxylic acids is 1. The largest absolute Gasteiger partial charge is 0.493 e. The molecule has 0 amide bonds. The molecule has 0 aromatic heterocycles. The lowest BCUT2D eigenvalue weighted by Gasteiger charge is -2.36. The Hall–Kier alpha value is -5.08. The van der Waals surface area contributed by atoms with Crippen LogP contribution in [0.4, 0.5) is 43.9 Å². The monoisotopic (exact) mass is 770 g/mol. The van der Waals surface area contributed by atoms with Crippen LogP contribution < -0.4 is 9.47 Å². The first-order chi connectivity index (χ1) is 25.4. The Morgan fingerprint density at radius 1 is 0.741 bits per heavy atom. The molecule has 1 saturated carbocycles. The minimum absolute atomic E-state index is 0.0462. The summed E-state index contributed by atoms with van der Waals surface area (Å²) in [5.41, 5.74) is -4.19. The van der Waals surface area contributed by atoms with Gasteiger partial charge in [-0.3, -0.25) is 9.59 Å². The number of carboxylic acids is 1. The van der Waals surface area contributed by atoms with E-state index in [1.807, 2.05) is 0 Å². The van der Waals surface area contributed by atoms with Crippen LogP contribution in [0.15, 0.2) is 84.9 Å². The topological polar surface area (TPSA) is 72.8 Å². The Labute approximate surface area is 302 Å². The first kappa shape index (κ1) is 40.1. The molecule has 0 saturated heterocycles. The summed E-state index contributed by atoms with van der Waals surface area (Å²) in [5.74, 6) is -6.58. The summed E-state index contributed by atoms with van der Waals surface area (Å²) in [6.45, 7) is 0.284. The highest BCUT2D eigenvalue weighted by molar-refractivity contribution is 5.97. The maximum Gasteiger partial charge on any atom is 0.461 e. The highest BCUT2D eigenvalue weighted by atomic mass is 19.4. The smallest absolute Gasteiger partial charge is 0.461 e. The molecule has 54 heavy (non-hydrogen) atoms. The number of carbonyl (C=O) groups is 2. The van der Waals surface area contributed by atoms with Gasteiger partial charge in [0, 0.05) is 23.5 Å². The number of aliphatic carboxylic acids is 1. The molecule has 4 aromatic carbocycles. The summed E-state index contributed by atoms with van der Waals surface area (Å²) in [4.78, 5) is 25.2. The highest BCUT2D eigenvalue weighted by Gasteiger charge is 2.45. The molecular formula is C39H32F10O5. The molecule has 0 unspecified atom stereocenters. The van der Waals surface area contributed by atoms with E-state index in [0.717, 1.165) is 30.3 Å². The number of Topliss-reactive ketones (excluding diaryl/α,β-unsaturated/α-hetero) is 1. The van der Waals surface area contributed by atoms with Gasteiger partial charge in [0.1, 0.15) is 29.0 Å². The van der Waals surface area contributed by atoms with Gasteiger partial charge in [-0.1, -0.05) is 24.3 Å². The fourth-order valence-electron chi connectivity index (χ4n) is 6.64. The molecule has 15 heteroatoms. The molecule has 1 N–H and O–H groups in total. The van der Waals surface area contributed by atoms with Gasteiger partial charge in [0.2, 0.25) is 0 Å². The number of hydrogen-bond donors (Lipinski definition) is 1. The zero-order chi connectivity index (χ0) is 39.4. The summed E-state index contributed by atoms with van der Waals surface area (Å²) >= 11 is 0. The van der Waals surface area contributed by atoms with Crippen LogP contribution in [0.2, 0.25) is 0 Å². The van der Waals surface area contributed by atoms with Crippen LogP contribution in [0.25, 0.3) is 0 Å². The Kier molecular flexibility index (Phi) is 12.0. The molecule has 0 spiro atoms. The van der Waals surface area contributed by atoms with Crippen molar-refractivity contribution in [3.63, 3.8) is 0 Å². The number of ketones is 1.